The van der Waals surface area contributed by atoms with Crippen molar-refractivity contribution in [2.45, 2.75) is 45.3 Å². The molecule has 2 atom stereocenters. The second kappa shape index (κ2) is 7.55. The molecule has 33 heavy (non-hydrogen) atoms. The van der Waals surface area contributed by atoms with Crippen LogP contribution < -0.4 is 15.5 Å². The van der Waals surface area contributed by atoms with Gasteiger partial charge in [-0.3, -0.25) is 9.48 Å². The first-order valence-electron chi connectivity index (χ1n) is 11.5. The largest absolute Gasteiger partial charge is 0.368 e. The number of rotatable bonds is 4. The van der Waals surface area contributed by atoms with Gasteiger partial charge in [0.1, 0.15) is 5.52 Å². The summed E-state index contributed by atoms with van der Waals surface area (Å²) < 4.78 is 17.9. The molecule has 1 amide bonds. The van der Waals surface area contributed by atoms with Crippen LogP contribution in [0.5, 0.6) is 0 Å². The van der Waals surface area contributed by atoms with Crippen LogP contribution in [0.15, 0.2) is 36.8 Å². The maximum Gasteiger partial charge on any atom is 0.257 e. The lowest BCUT2D eigenvalue weighted by molar-refractivity contribution is 0.102. The van der Waals surface area contributed by atoms with E-state index in [1.165, 1.54) is 18.9 Å². The van der Waals surface area contributed by atoms with Crippen LogP contribution in [-0.2, 0) is 6.54 Å². The van der Waals surface area contributed by atoms with Crippen molar-refractivity contribution in [1.29, 1.82) is 0 Å². The van der Waals surface area contributed by atoms with Crippen LogP contribution in [-0.4, -0.2) is 50.2 Å². The number of aromatic nitrogens is 4. The van der Waals surface area contributed by atoms with Gasteiger partial charge in [0.15, 0.2) is 11.5 Å². The highest BCUT2D eigenvalue weighted by Gasteiger charge is 2.33. The van der Waals surface area contributed by atoms with Crippen LogP contribution in [0.25, 0.3) is 16.6 Å². The Morgan fingerprint density at radius 3 is 2.76 bits per heavy atom. The summed E-state index contributed by atoms with van der Waals surface area (Å²) in [5.74, 6) is -0.797. The van der Waals surface area contributed by atoms with Crippen LogP contribution in [0.4, 0.5) is 15.8 Å². The number of imidazole rings is 1. The molecule has 4 aromatic rings. The first-order chi connectivity index (χ1) is 16.0. The number of carbonyl (C=O) groups excluding carboxylic acids is 1. The molecule has 1 aromatic carbocycles. The first-order valence-corrected chi connectivity index (χ1v) is 11.5. The molecule has 9 heteroatoms. The highest BCUT2D eigenvalue weighted by molar-refractivity contribution is 6.13. The summed E-state index contributed by atoms with van der Waals surface area (Å²) in [5, 5.41) is 12.2. The van der Waals surface area contributed by atoms with Crippen molar-refractivity contribution < 1.29 is 9.18 Å². The standard InChI is InChI=1S/C24H26FN7O/c1-3-32-13-19-21(30-10-15-4-5-16(11-30)27-15)7-6-18(22(19)29-32)24(33)28-17-8-20(25)23-26-14(2)9-31(23)12-17/h6-9,12-13,15-16,27H,3-5,10-11H2,1-2H3,(H,28,33)/t15-,16+. The van der Waals surface area contributed by atoms with E-state index in [1.807, 2.05) is 29.9 Å². The van der Waals surface area contributed by atoms with Crippen molar-refractivity contribution in [2.24, 2.45) is 0 Å². The molecule has 0 unspecified atom stereocenters. The number of hydrogen-bond donors (Lipinski definition) is 2. The Hall–Kier alpha value is -3.46. The van der Waals surface area contributed by atoms with Crippen LogP contribution in [0, 0.1) is 12.7 Å². The van der Waals surface area contributed by atoms with Crippen LogP contribution in [0.3, 0.4) is 0 Å². The van der Waals surface area contributed by atoms with Crippen molar-refractivity contribution in [3.8, 4) is 0 Å². The van der Waals surface area contributed by atoms with E-state index in [1.54, 1.807) is 23.7 Å². The molecule has 0 aliphatic carbocycles. The molecule has 0 radical (unpaired) electrons. The van der Waals surface area contributed by atoms with Crippen molar-refractivity contribution in [3.05, 3.63) is 53.9 Å². The van der Waals surface area contributed by atoms with E-state index in [-0.39, 0.29) is 11.6 Å². The number of aryl methyl sites for hydroxylation is 2. The van der Waals surface area contributed by atoms with Crippen molar-refractivity contribution in [2.75, 3.05) is 23.3 Å². The van der Waals surface area contributed by atoms with Gasteiger partial charge in [-0.25, -0.2) is 9.37 Å². The predicted octanol–water partition coefficient (Wildman–Crippen LogP) is 3.34. The van der Waals surface area contributed by atoms with Gasteiger partial charge < -0.3 is 19.9 Å². The molecule has 5 heterocycles. The van der Waals surface area contributed by atoms with E-state index in [2.05, 4.69) is 20.5 Å². The second-order valence-corrected chi connectivity index (χ2v) is 9.07. The van der Waals surface area contributed by atoms with Crippen LogP contribution >= 0.6 is 0 Å². The number of pyridine rings is 1. The minimum absolute atomic E-state index is 0.240. The fraction of sp³-hybridized carbons (Fsp3) is 0.375. The molecule has 2 fully saturated rings. The van der Waals surface area contributed by atoms with Gasteiger partial charge in [0.05, 0.1) is 16.9 Å². The minimum atomic E-state index is -0.481. The van der Waals surface area contributed by atoms with E-state index in [4.69, 9.17) is 5.10 Å². The van der Waals surface area contributed by atoms with Gasteiger partial charge in [0.2, 0.25) is 0 Å². The quantitative estimate of drug-likeness (QED) is 0.502. The summed E-state index contributed by atoms with van der Waals surface area (Å²) in [6.07, 6.45) is 7.83. The number of nitrogens with zero attached hydrogens (tertiary/aromatic N) is 5. The van der Waals surface area contributed by atoms with E-state index in [0.29, 0.717) is 41.1 Å². The summed E-state index contributed by atoms with van der Waals surface area (Å²) in [5.41, 5.74) is 3.57. The zero-order valence-electron chi connectivity index (χ0n) is 18.7. The SMILES string of the molecule is CCn1cc2c(N3C[C@H]4CC[C@@H](C3)N4)ccc(C(=O)Nc3cc(F)c4nc(C)cn4c3)c2n1. The summed E-state index contributed by atoms with van der Waals surface area (Å²) in [4.78, 5) is 19.8. The average Bonchev–Trinajstić information content (AvgIpc) is 3.48. The summed E-state index contributed by atoms with van der Waals surface area (Å²) in [6.45, 7) is 6.46. The zero-order valence-corrected chi connectivity index (χ0v) is 18.7. The molecule has 2 aliphatic heterocycles. The fourth-order valence-corrected chi connectivity index (χ4v) is 5.20. The van der Waals surface area contributed by atoms with Gasteiger partial charge in [-0.1, -0.05) is 0 Å². The topological polar surface area (TPSA) is 79.5 Å². The van der Waals surface area contributed by atoms with Gasteiger partial charge in [-0.2, -0.15) is 5.10 Å². The smallest absolute Gasteiger partial charge is 0.257 e. The second-order valence-electron chi connectivity index (χ2n) is 9.07. The number of piperazine rings is 1. The molecule has 2 saturated heterocycles. The molecule has 0 saturated carbocycles. The fourth-order valence-electron chi connectivity index (χ4n) is 5.20. The maximum absolute atomic E-state index is 14.5. The molecule has 6 rings (SSSR count). The molecule has 3 aromatic heterocycles. The maximum atomic E-state index is 14.5. The Morgan fingerprint density at radius 2 is 2.00 bits per heavy atom. The van der Waals surface area contributed by atoms with E-state index >= 15 is 0 Å². The molecule has 0 spiro atoms. The van der Waals surface area contributed by atoms with E-state index in [0.717, 1.165) is 24.2 Å². The zero-order chi connectivity index (χ0) is 22.7. The minimum Gasteiger partial charge on any atom is -0.368 e. The van der Waals surface area contributed by atoms with Crippen molar-refractivity contribution in [3.63, 3.8) is 0 Å². The third-order valence-electron chi connectivity index (χ3n) is 6.71. The summed E-state index contributed by atoms with van der Waals surface area (Å²) >= 11 is 0. The number of amides is 1. The number of hydrogen-bond acceptors (Lipinski definition) is 5. The Bertz CT molecular complexity index is 1380. The third-order valence-corrected chi connectivity index (χ3v) is 6.71. The van der Waals surface area contributed by atoms with Gasteiger partial charge in [-0.15, -0.1) is 0 Å². The highest BCUT2D eigenvalue weighted by Crippen LogP contribution is 2.33. The van der Waals surface area contributed by atoms with Gasteiger partial charge in [0, 0.05) is 67.4 Å². The first kappa shape index (κ1) is 20.2. The lowest BCUT2D eigenvalue weighted by Gasteiger charge is -2.35. The Kier molecular flexibility index (Phi) is 4.62. The highest BCUT2D eigenvalue weighted by atomic mass is 19.1. The molecule has 2 aliphatic rings. The summed E-state index contributed by atoms with van der Waals surface area (Å²) in [7, 11) is 0. The normalized spacial score (nSPS) is 20.2. The Morgan fingerprint density at radius 1 is 1.21 bits per heavy atom. The number of carbonyl (C=O) groups is 1. The Balaban J connectivity index is 1.36. The average molecular weight is 448 g/mol. The molecular weight excluding hydrogens is 421 g/mol. The third kappa shape index (κ3) is 3.43. The van der Waals surface area contributed by atoms with Crippen molar-refractivity contribution in [1.82, 2.24) is 24.5 Å². The van der Waals surface area contributed by atoms with Crippen LogP contribution in [0.2, 0.25) is 0 Å². The number of benzene rings is 1. The molecule has 2 bridgehead atoms. The van der Waals surface area contributed by atoms with Crippen molar-refractivity contribution >= 4 is 33.8 Å². The molecule has 2 N–H and O–H groups in total. The lowest BCUT2D eigenvalue weighted by atomic mass is 10.1. The van der Waals surface area contributed by atoms with E-state index < -0.39 is 5.82 Å². The molecular formula is C24H26FN7O. The number of halogens is 1. The summed E-state index contributed by atoms with van der Waals surface area (Å²) in [6, 6.07) is 6.18. The number of anilines is 2. The van der Waals surface area contributed by atoms with Gasteiger partial charge >= 0.3 is 0 Å². The van der Waals surface area contributed by atoms with Gasteiger partial charge in [-0.05, 0) is 38.8 Å². The monoisotopic (exact) mass is 447 g/mol. The lowest BCUT2D eigenvalue weighted by Crippen LogP contribution is -2.51. The molecule has 170 valence electrons. The Labute approximate surface area is 190 Å². The molecule has 8 nitrogen and oxygen atoms in total. The van der Waals surface area contributed by atoms with E-state index in [9.17, 15) is 9.18 Å². The number of nitrogens with one attached hydrogen (secondary N) is 2. The number of fused-ring (bicyclic) bond motifs is 4. The van der Waals surface area contributed by atoms with Crippen LogP contribution in [0.1, 0.15) is 35.8 Å². The van der Waals surface area contributed by atoms with Gasteiger partial charge in [0.25, 0.3) is 5.91 Å². The predicted molar refractivity (Wildman–Crippen MR) is 125 cm³/mol.